The Hall–Kier alpha value is -0.550. The van der Waals surface area contributed by atoms with Gasteiger partial charge in [-0.15, -0.1) is 11.3 Å². The van der Waals surface area contributed by atoms with Gasteiger partial charge in [-0.3, -0.25) is 0 Å². The van der Waals surface area contributed by atoms with E-state index in [4.69, 9.17) is 0 Å². The molecule has 0 bridgehead atoms. The Morgan fingerprint density at radius 3 is 2.44 bits per heavy atom. The molecular formula is C13H18F3NS. The van der Waals surface area contributed by atoms with Crippen molar-refractivity contribution in [3.63, 3.8) is 0 Å². The van der Waals surface area contributed by atoms with E-state index in [0.717, 1.165) is 0 Å². The van der Waals surface area contributed by atoms with Gasteiger partial charge in [0.05, 0.1) is 5.92 Å². The van der Waals surface area contributed by atoms with E-state index in [9.17, 15) is 13.2 Å². The van der Waals surface area contributed by atoms with Crippen LogP contribution in [-0.2, 0) is 0 Å². The molecule has 1 N–H and O–H groups in total. The van der Waals surface area contributed by atoms with Crippen LogP contribution in [0.1, 0.15) is 43.5 Å². The van der Waals surface area contributed by atoms with E-state index in [-0.39, 0.29) is 24.9 Å². The third-order valence-electron chi connectivity index (χ3n) is 3.65. The summed E-state index contributed by atoms with van der Waals surface area (Å²) in [6.07, 6.45) is -2.24. The number of halogens is 3. The minimum atomic E-state index is -4.01. The highest BCUT2D eigenvalue weighted by Gasteiger charge is 2.41. The lowest BCUT2D eigenvalue weighted by atomic mass is 9.85. The van der Waals surface area contributed by atoms with E-state index >= 15 is 0 Å². The monoisotopic (exact) mass is 277 g/mol. The molecule has 1 aliphatic carbocycles. The van der Waals surface area contributed by atoms with E-state index < -0.39 is 12.1 Å². The molecule has 1 saturated carbocycles. The first-order chi connectivity index (χ1) is 8.47. The molecule has 1 aromatic heterocycles. The molecule has 5 heteroatoms. The zero-order valence-electron chi connectivity index (χ0n) is 10.3. The first-order valence-corrected chi connectivity index (χ1v) is 7.21. The van der Waals surface area contributed by atoms with Gasteiger partial charge in [0.15, 0.2) is 0 Å². The number of hydrogen-bond donors (Lipinski definition) is 1. The van der Waals surface area contributed by atoms with Crippen LogP contribution in [0.4, 0.5) is 13.2 Å². The molecule has 1 aromatic rings. The van der Waals surface area contributed by atoms with Gasteiger partial charge >= 0.3 is 6.18 Å². The van der Waals surface area contributed by atoms with Crippen molar-refractivity contribution in [2.24, 2.45) is 5.92 Å². The highest BCUT2D eigenvalue weighted by molar-refractivity contribution is 7.10. The Labute approximate surface area is 109 Å². The molecule has 1 aliphatic rings. The van der Waals surface area contributed by atoms with Gasteiger partial charge in [-0.1, -0.05) is 6.07 Å². The van der Waals surface area contributed by atoms with Crippen LogP contribution in [0.2, 0.25) is 0 Å². The second kappa shape index (κ2) is 5.61. The maximum Gasteiger partial charge on any atom is 0.391 e. The van der Waals surface area contributed by atoms with Crippen molar-refractivity contribution < 1.29 is 13.2 Å². The Morgan fingerprint density at radius 2 is 1.94 bits per heavy atom. The van der Waals surface area contributed by atoms with E-state index in [0.29, 0.717) is 12.8 Å². The highest BCUT2D eigenvalue weighted by atomic mass is 32.1. The van der Waals surface area contributed by atoms with Crippen LogP contribution in [0.15, 0.2) is 17.5 Å². The lowest BCUT2D eigenvalue weighted by molar-refractivity contribution is -0.182. The molecular weight excluding hydrogens is 259 g/mol. The van der Waals surface area contributed by atoms with Gasteiger partial charge in [0.2, 0.25) is 0 Å². The molecule has 0 saturated heterocycles. The van der Waals surface area contributed by atoms with Crippen LogP contribution in [0.25, 0.3) is 0 Å². The third-order valence-corrected chi connectivity index (χ3v) is 4.70. The van der Waals surface area contributed by atoms with Gasteiger partial charge in [-0.2, -0.15) is 13.2 Å². The van der Waals surface area contributed by atoms with E-state index in [2.05, 4.69) is 18.3 Å². The van der Waals surface area contributed by atoms with Crippen LogP contribution in [0, 0.1) is 5.92 Å². The maximum atomic E-state index is 12.5. The fourth-order valence-corrected chi connectivity index (χ4v) is 3.30. The smallest absolute Gasteiger partial charge is 0.307 e. The minimum absolute atomic E-state index is 0.223. The Bertz CT molecular complexity index is 353. The average molecular weight is 277 g/mol. The molecule has 1 atom stereocenters. The second-order valence-corrected chi connectivity index (χ2v) is 5.97. The molecule has 0 unspecified atom stereocenters. The normalized spacial score (nSPS) is 27.1. The zero-order valence-corrected chi connectivity index (χ0v) is 11.2. The summed E-state index contributed by atoms with van der Waals surface area (Å²) >= 11 is 1.68. The lowest BCUT2D eigenvalue weighted by Gasteiger charge is -2.32. The molecule has 0 amide bonds. The largest absolute Gasteiger partial charge is 0.391 e. The first-order valence-electron chi connectivity index (χ1n) is 6.33. The van der Waals surface area contributed by atoms with Crippen LogP contribution in [0.5, 0.6) is 0 Å². The Kier molecular flexibility index (Phi) is 4.33. The molecule has 1 nitrogen and oxygen atoms in total. The average Bonchev–Trinajstić information content (AvgIpc) is 2.82. The highest BCUT2D eigenvalue weighted by Crippen LogP contribution is 2.38. The zero-order chi connectivity index (χ0) is 13.2. The van der Waals surface area contributed by atoms with Crippen molar-refractivity contribution in [3.05, 3.63) is 22.4 Å². The van der Waals surface area contributed by atoms with E-state index in [1.54, 1.807) is 11.3 Å². The molecule has 0 radical (unpaired) electrons. The predicted molar refractivity (Wildman–Crippen MR) is 67.7 cm³/mol. The van der Waals surface area contributed by atoms with Crippen LogP contribution >= 0.6 is 11.3 Å². The number of thiophene rings is 1. The number of hydrogen-bond acceptors (Lipinski definition) is 2. The standard InChI is InChI=1S/C13H18F3NS/c1-9(12-3-2-8-18-12)17-11-6-4-10(5-7-11)13(14,15)16/h2-3,8-11,17H,4-7H2,1H3/t9-,10?,11?/m1/s1. The minimum Gasteiger partial charge on any atom is -0.307 e. The third kappa shape index (κ3) is 3.48. The summed E-state index contributed by atoms with van der Waals surface area (Å²) < 4.78 is 37.6. The summed E-state index contributed by atoms with van der Waals surface area (Å²) in [7, 11) is 0. The molecule has 0 aliphatic heterocycles. The molecule has 2 rings (SSSR count). The van der Waals surface area contributed by atoms with Gasteiger partial charge in [0.1, 0.15) is 0 Å². The van der Waals surface area contributed by atoms with Crippen molar-refractivity contribution in [2.75, 3.05) is 0 Å². The van der Waals surface area contributed by atoms with Gasteiger partial charge in [0.25, 0.3) is 0 Å². The maximum absolute atomic E-state index is 12.5. The summed E-state index contributed by atoms with van der Waals surface area (Å²) in [6.45, 7) is 2.07. The van der Waals surface area contributed by atoms with Crippen molar-refractivity contribution >= 4 is 11.3 Å². The van der Waals surface area contributed by atoms with Crippen molar-refractivity contribution in [2.45, 2.75) is 50.9 Å². The molecule has 1 fully saturated rings. The lowest BCUT2D eigenvalue weighted by Crippen LogP contribution is -2.37. The van der Waals surface area contributed by atoms with Crippen LogP contribution in [-0.4, -0.2) is 12.2 Å². The van der Waals surface area contributed by atoms with E-state index in [1.165, 1.54) is 4.88 Å². The molecule has 0 aromatic carbocycles. The SMILES string of the molecule is C[C@@H](NC1CCC(C(F)(F)F)CC1)c1cccs1. The Balaban J connectivity index is 1.80. The summed E-state index contributed by atoms with van der Waals surface area (Å²) in [4.78, 5) is 1.24. The molecule has 1 heterocycles. The van der Waals surface area contributed by atoms with Crippen molar-refractivity contribution in [1.82, 2.24) is 5.32 Å². The topological polar surface area (TPSA) is 12.0 Å². The predicted octanol–water partition coefficient (Wildman–Crippen LogP) is 4.52. The number of alkyl halides is 3. The fraction of sp³-hybridized carbons (Fsp3) is 0.692. The second-order valence-electron chi connectivity index (χ2n) is 4.99. The van der Waals surface area contributed by atoms with Crippen LogP contribution in [0.3, 0.4) is 0 Å². The van der Waals surface area contributed by atoms with E-state index in [1.807, 2.05) is 11.4 Å². The molecule has 0 spiro atoms. The number of nitrogens with one attached hydrogen (secondary N) is 1. The van der Waals surface area contributed by atoms with Gasteiger partial charge in [-0.05, 0) is 44.1 Å². The van der Waals surface area contributed by atoms with Gasteiger partial charge in [0, 0.05) is 17.0 Å². The van der Waals surface area contributed by atoms with Gasteiger partial charge in [-0.25, -0.2) is 0 Å². The number of rotatable bonds is 3. The quantitative estimate of drug-likeness (QED) is 0.856. The van der Waals surface area contributed by atoms with Gasteiger partial charge < -0.3 is 5.32 Å². The van der Waals surface area contributed by atoms with Crippen molar-refractivity contribution in [1.29, 1.82) is 0 Å². The van der Waals surface area contributed by atoms with Crippen molar-refractivity contribution in [3.8, 4) is 0 Å². The summed E-state index contributed by atoms with van der Waals surface area (Å²) in [6, 6.07) is 4.51. The summed E-state index contributed by atoms with van der Waals surface area (Å²) in [5.41, 5.74) is 0. The Morgan fingerprint density at radius 1 is 1.28 bits per heavy atom. The molecule has 102 valence electrons. The first kappa shape index (κ1) is 13.9. The molecule has 18 heavy (non-hydrogen) atoms. The fourth-order valence-electron chi connectivity index (χ4n) is 2.56. The summed E-state index contributed by atoms with van der Waals surface area (Å²) in [5.74, 6) is -1.09. The summed E-state index contributed by atoms with van der Waals surface area (Å²) in [5, 5.41) is 5.46. The van der Waals surface area contributed by atoms with Crippen LogP contribution < -0.4 is 5.32 Å².